The van der Waals surface area contributed by atoms with E-state index in [1.54, 1.807) is 11.3 Å². The second kappa shape index (κ2) is 8.33. The number of carbonyl (C=O) groups excluding carboxylic acids is 1. The zero-order valence-corrected chi connectivity index (χ0v) is 17.0. The molecule has 1 amide bonds. The van der Waals surface area contributed by atoms with Gasteiger partial charge in [0, 0.05) is 17.5 Å². The summed E-state index contributed by atoms with van der Waals surface area (Å²) in [6, 6.07) is 12.8. The molecule has 1 atom stereocenters. The fourth-order valence-corrected chi connectivity index (χ4v) is 5.27. The Kier molecular flexibility index (Phi) is 5.66. The summed E-state index contributed by atoms with van der Waals surface area (Å²) < 4.78 is 0. The molecule has 0 spiro atoms. The Morgan fingerprint density at radius 1 is 1.22 bits per heavy atom. The maximum absolute atomic E-state index is 12.8. The van der Waals surface area contributed by atoms with Crippen LogP contribution in [0, 0.1) is 6.92 Å². The monoisotopic (exact) mass is 397 g/mol. The molecule has 0 saturated carbocycles. The van der Waals surface area contributed by atoms with Gasteiger partial charge in [-0.05, 0) is 49.9 Å². The van der Waals surface area contributed by atoms with Gasteiger partial charge in [-0.1, -0.05) is 30.3 Å². The van der Waals surface area contributed by atoms with Crippen LogP contribution in [-0.4, -0.2) is 35.4 Å². The molecule has 0 radical (unpaired) electrons. The number of thiophene rings is 1. The third-order valence-electron chi connectivity index (χ3n) is 4.99. The smallest absolute Gasteiger partial charge is 0.263 e. The highest BCUT2D eigenvalue weighted by molar-refractivity contribution is 7.17. The molecule has 4 nitrogen and oxygen atoms in total. The first-order valence-corrected chi connectivity index (χ1v) is 11.1. The van der Waals surface area contributed by atoms with Crippen LogP contribution in [0.1, 0.15) is 39.8 Å². The van der Waals surface area contributed by atoms with Gasteiger partial charge < -0.3 is 5.32 Å². The molecule has 1 unspecified atom stereocenters. The zero-order chi connectivity index (χ0) is 18.6. The van der Waals surface area contributed by atoms with Crippen LogP contribution in [0.2, 0.25) is 0 Å². The van der Waals surface area contributed by atoms with Crippen molar-refractivity contribution in [3.05, 3.63) is 63.3 Å². The Morgan fingerprint density at radius 2 is 2.00 bits per heavy atom. The van der Waals surface area contributed by atoms with Gasteiger partial charge in [-0.25, -0.2) is 4.98 Å². The quantitative estimate of drug-likeness (QED) is 0.653. The van der Waals surface area contributed by atoms with Gasteiger partial charge in [0.15, 0.2) is 0 Å². The molecule has 1 fully saturated rings. The Balaban J connectivity index is 1.48. The molecule has 0 aliphatic carbocycles. The molecule has 1 saturated heterocycles. The summed E-state index contributed by atoms with van der Waals surface area (Å²) in [7, 11) is 0. The van der Waals surface area contributed by atoms with Gasteiger partial charge in [-0.3, -0.25) is 9.69 Å². The molecule has 1 N–H and O–H groups in total. The molecule has 3 aromatic rings. The zero-order valence-electron chi connectivity index (χ0n) is 15.4. The van der Waals surface area contributed by atoms with Crippen LogP contribution >= 0.6 is 22.7 Å². The summed E-state index contributed by atoms with van der Waals surface area (Å²) in [6.45, 7) is 4.72. The largest absolute Gasteiger partial charge is 0.349 e. The molecular weight excluding hydrogens is 374 g/mol. The molecular formula is C21H23N3OS2. The van der Waals surface area contributed by atoms with E-state index >= 15 is 0 Å². The SMILES string of the molecule is Cc1nc(-c2ccsc2)sc1C(=O)NCC(c1ccccc1)N1CCCC1. The van der Waals surface area contributed by atoms with Gasteiger partial charge in [-0.2, -0.15) is 11.3 Å². The van der Waals surface area contributed by atoms with Crippen molar-refractivity contribution in [2.45, 2.75) is 25.8 Å². The number of benzene rings is 1. The van der Waals surface area contributed by atoms with Crippen molar-refractivity contribution < 1.29 is 4.79 Å². The van der Waals surface area contributed by atoms with Gasteiger partial charge in [0.25, 0.3) is 5.91 Å². The second-order valence-electron chi connectivity index (χ2n) is 6.83. The number of rotatable bonds is 6. The molecule has 6 heteroatoms. The molecule has 1 aliphatic heterocycles. The predicted molar refractivity (Wildman–Crippen MR) is 112 cm³/mol. The number of hydrogen-bond acceptors (Lipinski definition) is 5. The predicted octanol–water partition coefficient (Wildman–Crippen LogP) is 4.75. The van der Waals surface area contributed by atoms with Crippen LogP contribution in [0.5, 0.6) is 0 Å². The number of aryl methyl sites for hydroxylation is 1. The van der Waals surface area contributed by atoms with E-state index in [2.05, 4.69) is 44.8 Å². The van der Waals surface area contributed by atoms with Crippen molar-refractivity contribution in [1.82, 2.24) is 15.2 Å². The molecule has 140 valence electrons. The highest BCUT2D eigenvalue weighted by Crippen LogP contribution is 2.30. The number of likely N-dealkylation sites (tertiary alicyclic amines) is 1. The Bertz CT molecular complexity index is 884. The number of amides is 1. The first-order valence-electron chi connectivity index (χ1n) is 9.29. The third-order valence-corrected chi connectivity index (χ3v) is 6.88. The average molecular weight is 398 g/mol. The van der Waals surface area contributed by atoms with Crippen molar-refractivity contribution in [2.75, 3.05) is 19.6 Å². The number of hydrogen-bond donors (Lipinski definition) is 1. The summed E-state index contributed by atoms with van der Waals surface area (Å²) in [5, 5.41) is 8.18. The number of aromatic nitrogens is 1. The van der Waals surface area contributed by atoms with E-state index in [-0.39, 0.29) is 11.9 Å². The van der Waals surface area contributed by atoms with Crippen molar-refractivity contribution in [3.63, 3.8) is 0 Å². The van der Waals surface area contributed by atoms with Crippen LogP contribution in [0.15, 0.2) is 47.2 Å². The van der Waals surface area contributed by atoms with E-state index in [1.165, 1.54) is 29.7 Å². The number of nitrogens with one attached hydrogen (secondary N) is 1. The lowest BCUT2D eigenvalue weighted by atomic mass is 10.1. The number of carbonyl (C=O) groups is 1. The molecule has 4 rings (SSSR count). The third kappa shape index (κ3) is 4.13. The van der Waals surface area contributed by atoms with Gasteiger partial charge in [-0.15, -0.1) is 11.3 Å². The number of nitrogens with zero attached hydrogens (tertiary/aromatic N) is 2. The minimum absolute atomic E-state index is 0.0217. The molecule has 1 aliphatic rings. The maximum atomic E-state index is 12.8. The van der Waals surface area contributed by atoms with Crippen molar-refractivity contribution in [1.29, 1.82) is 0 Å². The van der Waals surface area contributed by atoms with Crippen LogP contribution in [-0.2, 0) is 0 Å². The topological polar surface area (TPSA) is 45.2 Å². The summed E-state index contributed by atoms with van der Waals surface area (Å²) in [4.78, 5) is 20.6. The lowest BCUT2D eigenvalue weighted by Gasteiger charge is -2.28. The van der Waals surface area contributed by atoms with Gasteiger partial charge in [0.2, 0.25) is 0 Å². The maximum Gasteiger partial charge on any atom is 0.263 e. The molecule has 1 aromatic carbocycles. The molecule has 0 bridgehead atoms. The summed E-state index contributed by atoms with van der Waals surface area (Å²) in [5.41, 5.74) is 3.15. The Morgan fingerprint density at radius 3 is 2.70 bits per heavy atom. The lowest BCUT2D eigenvalue weighted by molar-refractivity contribution is 0.0941. The minimum atomic E-state index is -0.0217. The Hall–Kier alpha value is -2.02. The van der Waals surface area contributed by atoms with Crippen LogP contribution in [0.4, 0.5) is 0 Å². The highest BCUT2D eigenvalue weighted by atomic mass is 32.1. The summed E-state index contributed by atoms with van der Waals surface area (Å²) in [5.74, 6) is -0.0217. The van der Waals surface area contributed by atoms with Crippen molar-refractivity contribution in [3.8, 4) is 10.6 Å². The van der Waals surface area contributed by atoms with Crippen LogP contribution < -0.4 is 5.32 Å². The Labute approximate surface area is 167 Å². The average Bonchev–Trinajstić information content (AvgIpc) is 3.44. The van der Waals surface area contributed by atoms with Crippen molar-refractivity contribution >= 4 is 28.6 Å². The summed E-state index contributed by atoms with van der Waals surface area (Å²) >= 11 is 3.12. The minimum Gasteiger partial charge on any atom is -0.349 e. The van der Waals surface area contributed by atoms with Gasteiger partial charge in [0.1, 0.15) is 9.88 Å². The van der Waals surface area contributed by atoms with Crippen LogP contribution in [0.3, 0.4) is 0 Å². The first-order chi connectivity index (χ1) is 13.2. The second-order valence-corrected chi connectivity index (χ2v) is 8.60. The standard InChI is InChI=1S/C21H23N3OS2/c1-15-19(27-21(23-15)17-9-12-26-14-17)20(25)22-13-18(24-10-5-6-11-24)16-7-3-2-4-8-16/h2-4,7-9,12,14,18H,5-6,10-11,13H2,1H3,(H,22,25). The van der Waals surface area contributed by atoms with Crippen molar-refractivity contribution in [2.24, 2.45) is 0 Å². The molecule has 3 heterocycles. The number of thiazole rings is 1. The lowest BCUT2D eigenvalue weighted by Crippen LogP contribution is -2.36. The van der Waals surface area contributed by atoms with E-state index in [1.807, 2.05) is 24.4 Å². The van der Waals surface area contributed by atoms with E-state index in [0.717, 1.165) is 29.4 Å². The first kappa shape index (κ1) is 18.3. The van der Waals surface area contributed by atoms with Crippen LogP contribution in [0.25, 0.3) is 10.6 Å². The fourth-order valence-electron chi connectivity index (χ4n) is 3.57. The highest BCUT2D eigenvalue weighted by Gasteiger charge is 2.25. The molecule has 2 aromatic heterocycles. The van der Waals surface area contributed by atoms with E-state index in [0.29, 0.717) is 11.4 Å². The van der Waals surface area contributed by atoms with E-state index in [4.69, 9.17) is 0 Å². The molecule has 27 heavy (non-hydrogen) atoms. The fraction of sp³-hybridized carbons (Fsp3) is 0.333. The van der Waals surface area contributed by atoms with Gasteiger partial charge in [0.05, 0.1) is 11.7 Å². The summed E-state index contributed by atoms with van der Waals surface area (Å²) in [6.07, 6.45) is 2.46. The van der Waals surface area contributed by atoms with E-state index in [9.17, 15) is 4.79 Å². The normalized spacial score (nSPS) is 15.7. The van der Waals surface area contributed by atoms with Gasteiger partial charge >= 0.3 is 0 Å². The van der Waals surface area contributed by atoms with E-state index < -0.39 is 0 Å².